The van der Waals surface area contributed by atoms with Crippen molar-refractivity contribution < 1.29 is 70.8 Å². The quantitative estimate of drug-likeness (QED) is 0.331. The first-order valence-corrected chi connectivity index (χ1v) is 9.12. The Hall–Kier alpha value is -1.15. The van der Waals surface area contributed by atoms with E-state index in [0.29, 0.717) is 0 Å². The Balaban J connectivity index is 3.03. The molecule has 1 spiro atoms. The molecule has 0 radical (unpaired) electrons. The molecule has 1 saturated heterocycles. The average Bonchev–Trinajstić information content (AvgIpc) is 2.77. The minimum atomic E-state index is -7.31. The third-order valence-electron chi connectivity index (χ3n) is 3.95. The predicted octanol–water partition coefficient (Wildman–Crippen LogP) is 5.90. The van der Waals surface area contributed by atoms with Crippen molar-refractivity contribution in [1.29, 1.82) is 0 Å². The Morgan fingerprint density at radius 2 is 0.786 bits per heavy atom. The van der Waals surface area contributed by atoms with Crippen molar-refractivity contribution in [2.24, 2.45) is 0 Å². The van der Waals surface area contributed by atoms with Gasteiger partial charge in [-0.1, -0.05) is 0 Å². The van der Waals surface area contributed by atoms with Crippen LogP contribution in [-0.4, -0.2) is 42.6 Å². The number of hydrogen-bond donors (Lipinski definition) is 0. The molecule has 0 aromatic heterocycles. The first-order valence-electron chi connectivity index (χ1n) is 6.76. The number of allylic oxidation sites excluding steroid dienone is 2. The van der Waals surface area contributed by atoms with E-state index >= 15 is 0 Å². The molecule has 28 heavy (non-hydrogen) atoms. The maximum absolute atomic E-state index is 13.4. The van der Waals surface area contributed by atoms with Gasteiger partial charge in [0.25, 0.3) is 0 Å². The van der Waals surface area contributed by atoms with Crippen molar-refractivity contribution in [3.8, 4) is 0 Å². The summed E-state index contributed by atoms with van der Waals surface area (Å²) in [6, 6.07) is 0. The molecule has 0 bridgehead atoms. The Kier molecular flexibility index (Phi) is 4.38. The standard InChI is InChI=1S/C11H9F12O4P/c1-4-5(2)25-28(3,24-4)26-6(8(12,13)14,9(15,16)17)7(27-28,10(18,19)20)11(21,22)23/h1-3H3. The van der Waals surface area contributed by atoms with Gasteiger partial charge in [-0.15, -0.1) is 0 Å². The van der Waals surface area contributed by atoms with Crippen LogP contribution in [0.5, 0.6) is 0 Å². The van der Waals surface area contributed by atoms with E-state index in [1.54, 1.807) is 0 Å². The molecular formula is C11H9F12O4P. The number of hydrogen-bond acceptors (Lipinski definition) is 4. The number of halogens is 12. The van der Waals surface area contributed by atoms with Gasteiger partial charge >= 0.3 is 146 Å². The van der Waals surface area contributed by atoms with Crippen molar-refractivity contribution in [3.05, 3.63) is 11.5 Å². The summed E-state index contributed by atoms with van der Waals surface area (Å²) in [5.41, 5.74) is -13.9. The van der Waals surface area contributed by atoms with E-state index in [2.05, 4.69) is 18.1 Å². The summed E-state index contributed by atoms with van der Waals surface area (Å²) in [5.74, 6) is -1.45. The molecule has 2 aliphatic rings. The van der Waals surface area contributed by atoms with Crippen LogP contribution in [0.4, 0.5) is 52.7 Å². The molecule has 0 aromatic rings. The fraction of sp³-hybridized carbons (Fsp3) is 0.818. The molecule has 166 valence electrons. The third-order valence-corrected chi connectivity index (χ3v) is 6.67. The van der Waals surface area contributed by atoms with Crippen LogP contribution in [0, 0.1) is 0 Å². The summed E-state index contributed by atoms with van der Waals surface area (Å²) in [6.07, 6.45) is -29.3. The Morgan fingerprint density at radius 3 is 0.964 bits per heavy atom. The zero-order valence-electron chi connectivity index (χ0n) is 13.6. The molecule has 2 rings (SSSR count). The number of alkyl halides is 12. The van der Waals surface area contributed by atoms with Crippen LogP contribution in [0.2, 0.25) is 0 Å². The molecule has 17 heteroatoms. The van der Waals surface area contributed by atoms with E-state index in [1.807, 2.05) is 0 Å². The van der Waals surface area contributed by atoms with Gasteiger partial charge in [0.05, 0.1) is 0 Å². The fourth-order valence-electron chi connectivity index (χ4n) is 2.91. The normalized spacial score (nSPS) is 27.9. The predicted molar refractivity (Wildman–Crippen MR) is 65.2 cm³/mol. The molecule has 4 nitrogen and oxygen atoms in total. The Morgan fingerprint density at radius 1 is 0.571 bits per heavy atom. The summed E-state index contributed by atoms with van der Waals surface area (Å²) < 4.78 is 177. The van der Waals surface area contributed by atoms with Gasteiger partial charge in [0, 0.05) is 0 Å². The first kappa shape index (κ1) is 23.1. The summed E-state index contributed by atoms with van der Waals surface area (Å²) in [6.45, 7) is 1.53. The van der Waals surface area contributed by atoms with E-state index < -0.39 is 54.9 Å². The van der Waals surface area contributed by atoms with E-state index in [1.165, 1.54) is 0 Å². The van der Waals surface area contributed by atoms with Crippen LogP contribution in [-0.2, 0) is 18.1 Å². The van der Waals surface area contributed by atoms with Gasteiger partial charge in [0.2, 0.25) is 0 Å². The van der Waals surface area contributed by atoms with Crippen molar-refractivity contribution in [3.63, 3.8) is 0 Å². The zero-order chi connectivity index (χ0) is 22.4. The average molecular weight is 464 g/mol. The SMILES string of the molecule is CC1=C(C)OP2(C)(O1)OC(C(F)(F)F)(C(F)(F)F)C(C(F)(F)F)(C(F)(F)F)O2. The van der Waals surface area contributed by atoms with Crippen molar-refractivity contribution >= 4 is 7.51 Å². The second-order valence-corrected chi connectivity index (χ2v) is 9.09. The monoisotopic (exact) mass is 464 g/mol. The third kappa shape index (κ3) is 2.59. The van der Waals surface area contributed by atoms with Gasteiger partial charge in [-0.25, -0.2) is 0 Å². The van der Waals surface area contributed by atoms with Crippen LogP contribution in [0.3, 0.4) is 0 Å². The Labute approximate surface area is 147 Å². The maximum atomic E-state index is 13.4. The van der Waals surface area contributed by atoms with E-state index in [-0.39, 0.29) is 6.66 Å². The van der Waals surface area contributed by atoms with Gasteiger partial charge in [-0.05, 0) is 0 Å². The minimum absolute atomic E-state index is 0.0724. The van der Waals surface area contributed by atoms with Gasteiger partial charge in [0.1, 0.15) is 0 Å². The molecule has 1 fully saturated rings. The summed E-state index contributed by atoms with van der Waals surface area (Å²) in [7, 11) is -6.76. The van der Waals surface area contributed by atoms with E-state index in [4.69, 9.17) is 0 Å². The molecule has 0 N–H and O–H groups in total. The van der Waals surface area contributed by atoms with Gasteiger partial charge in [0.15, 0.2) is 0 Å². The van der Waals surface area contributed by atoms with Gasteiger partial charge in [-0.3, -0.25) is 0 Å². The second-order valence-electron chi connectivity index (χ2n) is 6.01. The van der Waals surface area contributed by atoms with Crippen LogP contribution >= 0.6 is 7.51 Å². The van der Waals surface area contributed by atoms with Gasteiger partial charge in [-0.2, -0.15) is 0 Å². The molecular weight excluding hydrogens is 455 g/mol. The summed E-state index contributed by atoms with van der Waals surface area (Å²) in [4.78, 5) is 0. The zero-order valence-corrected chi connectivity index (χ0v) is 14.5. The first-order chi connectivity index (χ1) is 12.0. The topological polar surface area (TPSA) is 36.9 Å². The van der Waals surface area contributed by atoms with Crippen LogP contribution < -0.4 is 0 Å². The Bertz CT molecular complexity index is 629. The van der Waals surface area contributed by atoms with Crippen LogP contribution in [0.1, 0.15) is 13.8 Å². The van der Waals surface area contributed by atoms with E-state index in [0.717, 1.165) is 13.8 Å². The molecule has 0 unspecified atom stereocenters. The van der Waals surface area contributed by atoms with Crippen molar-refractivity contribution in [1.82, 2.24) is 0 Å². The van der Waals surface area contributed by atoms with Crippen LogP contribution in [0.15, 0.2) is 11.5 Å². The second kappa shape index (κ2) is 5.31. The van der Waals surface area contributed by atoms with Crippen LogP contribution in [0.25, 0.3) is 0 Å². The molecule has 2 aliphatic heterocycles. The molecule has 0 aliphatic carbocycles. The number of rotatable bonds is 0. The fourth-order valence-corrected chi connectivity index (χ4v) is 6.50. The summed E-state index contributed by atoms with van der Waals surface area (Å²) in [5, 5.41) is 0. The van der Waals surface area contributed by atoms with E-state index in [9.17, 15) is 52.7 Å². The molecule has 2 heterocycles. The molecule has 0 atom stereocenters. The van der Waals surface area contributed by atoms with Gasteiger partial charge < -0.3 is 0 Å². The summed E-state index contributed by atoms with van der Waals surface area (Å²) >= 11 is 0. The molecule has 0 amide bonds. The van der Waals surface area contributed by atoms with Crippen molar-refractivity contribution in [2.45, 2.75) is 49.8 Å². The molecule has 0 aromatic carbocycles. The molecule has 0 saturated carbocycles. The van der Waals surface area contributed by atoms with Crippen molar-refractivity contribution in [2.75, 3.05) is 6.66 Å².